The van der Waals surface area contributed by atoms with Crippen molar-refractivity contribution in [3.63, 3.8) is 0 Å². The topological polar surface area (TPSA) is 41.1 Å². The summed E-state index contributed by atoms with van der Waals surface area (Å²) in [7, 11) is 0. The van der Waals surface area contributed by atoms with Crippen LogP contribution < -0.4 is 10.6 Å². The molecule has 0 saturated carbocycles. The lowest BCUT2D eigenvalue weighted by Crippen LogP contribution is -2.32. The summed E-state index contributed by atoms with van der Waals surface area (Å²) in [5.41, 5.74) is 1.57. The molecule has 0 bridgehead atoms. The summed E-state index contributed by atoms with van der Waals surface area (Å²) >= 11 is 1.44. The lowest BCUT2D eigenvalue weighted by atomic mass is 10.3. The summed E-state index contributed by atoms with van der Waals surface area (Å²) in [5, 5.41) is 8.14. The van der Waals surface area contributed by atoms with Gasteiger partial charge in [0.15, 0.2) is 0 Å². The van der Waals surface area contributed by atoms with E-state index in [1.54, 1.807) is 5.38 Å². The molecule has 0 fully saturated rings. The Bertz CT molecular complexity index is 314. The van der Waals surface area contributed by atoms with E-state index in [0.29, 0.717) is 5.69 Å². The van der Waals surface area contributed by atoms with Crippen molar-refractivity contribution < 1.29 is 13.6 Å². The van der Waals surface area contributed by atoms with Gasteiger partial charge in [-0.1, -0.05) is 0 Å². The number of halogens is 2. The molecule has 1 aromatic heterocycles. The van der Waals surface area contributed by atoms with E-state index in [0.717, 1.165) is 5.56 Å². The number of carbonyl (C=O) groups is 1. The average molecular weight is 220 g/mol. The van der Waals surface area contributed by atoms with E-state index in [4.69, 9.17) is 0 Å². The Morgan fingerprint density at radius 2 is 2.29 bits per heavy atom. The van der Waals surface area contributed by atoms with Gasteiger partial charge < -0.3 is 10.6 Å². The van der Waals surface area contributed by atoms with Crippen molar-refractivity contribution in [2.24, 2.45) is 0 Å². The lowest BCUT2D eigenvalue weighted by molar-refractivity contribution is 0.148. The minimum Gasteiger partial charge on any atom is -0.332 e. The fourth-order valence-corrected chi connectivity index (χ4v) is 1.60. The van der Waals surface area contributed by atoms with Crippen LogP contribution in [0, 0.1) is 6.92 Å². The maximum atomic E-state index is 11.7. The minimum atomic E-state index is -2.52. The molecule has 6 heteroatoms. The Balaban J connectivity index is 2.38. The van der Waals surface area contributed by atoms with Gasteiger partial charge in [0.25, 0.3) is 6.43 Å². The number of rotatable bonds is 3. The SMILES string of the molecule is Cc1cscc1NC(=O)NCC(F)F. The summed E-state index contributed by atoms with van der Waals surface area (Å²) in [5.74, 6) is 0. The molecule has 78 valence electrons. The van der Waals surface area contributed by atoms with E-state index >= 15 is 0 Å². The molecule has 3 nitrogen and oxygen atoms in total. The number of hydrogen-bond acceptors (Lipinski definition) is 2. The van der Waals surface area contributed by atoms with Gasteiger partial charge in [0.1, 0.15) is 0 Å². The quantitative estimate of drug-likeness (QED) is 0.807. The first-order valence-electron chi connectivity index (χ1n) is 3.95. The molecule has 0 aliphatic carbocycles. The van der Waals surface area contributed by atoms with Crippen LogP contribution in [0.5, 0.6) is 0 Å². The number of thiophene rings is 1. The summed E-state index contributed by atoms with van der Waals surface area (Å²) in [6.07, 6.45) is -2.52. The highest BCUT2D eigenvalue weighted by molar-refractivity contribution is 7.08. The van der Waals surface area contributed by atoms with E-state index in [9.17, 15) is 13.6 Å². The van der Waals surface area contributed by atoms with Crippen molar-refractivity contribution >= 4 is 23.1 Å². The molecule has 0 spiro atoms. The monoisotopic (exact) mass is 220 g/mol. The smallest absolute Gasteiger partial charge is 0.319 e. The third kappa shape index (κ3) is 3.29. The Morgan fingerprint density at radius 1 is 1.57 bits per heavy atom. The van der Waals surface area contributed by atoms with Crippen LogP contribution in [0.3, 0.4) is 0 Å². The largest absolute Gasteiger partial charge is 0.332 e. The van der Waals surface area contributed by atoms with Gasteiger partial charge in [0, 0.05) is 5.38 Å². The van der Waals surface area contributed by atoms with Gasteiger partial charge in [-0.05, 0) is 17.9 Å². The van der Waals surface area contributed by atoms with Crippen LogP contribution in [-0.2, 0) is 0 Å². The van der Waals surface area contributed by atoms with Gasteiger partial charge in [-0.3, -0.25) is 0 Å². The predicted molar refractivity (Wildman–Crippen MR) is 52.1 cm³/mol. The van der Waals surface area contributed by atoms with Crippen LogP contribution in [0.1, 0.15) is 5.56 Å². The van der Waals surface area contributed by atoms with E-state index in [-0.39, 0.29) is 0 Å². The molecule has 0 atom stereocenters. The van der Waals surface area contributed by atoms with Gasteiger partial charge >= 0.3 is 6.03 Å². The average Bonchev–Trinajstić information content (AvgIpc) is 2.49. The second-order valence-corrected chi connectivity index (χ2v) is 3.44. The molecule has 0 aliphatic heterocycles. The molecule has 1 rings (SSSR count). The van der Waals surface area contributed by atoms with Crippen molar-refractivity contribution in [1.29, 1.82) is 0 Å². The first-order valence-corrected chi connectivity index (χ1v) is 4.89. The summed E-state index contributed by atoms with van der Waals surface area (Å²) < 4.78 is 23.4. The summed E-state index contributed by atoms with van der Waals surface area (Å²) in [6, 6.07) is -0.605. The third-order valence-corrected chi connectivity index (χ3v) is 2.38. The first kappa shape index (κ1) is 10.9. The maximum absolute atomic E-state index is 11.7. The minimum absolute atomic E-state index is 0.605. The van der Waals surface area contributed by atoms with Crippen LogP contribution in [0.4, 0.5) is 19.3 Å². The standard InChI is InChI=1S/C8H10F2N2OS/c1-5-3-14-4-6(5)12-8(13)11-2-7(9)10/h3-4,7H,2H2,1H3,(H2,11,12,13). The molecular weight excluding hydrogens is 210 g/mol. The number of amides is 2. The Hall–Kier alpha value is -1.17. The highest BCUT2D eigenvalue weighted by Crippen LogP contribution is 2.18. The Morgan fingerprint density at radius 3 is 2.79 bits per heavy atom. The highest BCUT2D eigenvalue weighted by Gasteiger charge is 2.07. The van der Waals surface area contributed by atoms with Crippen LogP contribution in [0.25, 0.3) is 0 Å². The van der Waals surface area contributed by atoms with Crippen molar-refractivity contribution in [3.8, 4) is 0 Å². The fraction of sp³-hybridized carbons (Fsp3) is 0.375. The van der Waals surface area contributed by atoms with Crippen LogP contribution in [0.2, 0.25) is 0 Å². The molecule has 0 aromatic carbocycles. The number of hydrogen-bond donors (Lipinski definition) is 2. The third-order valence-electron chi connectivity index (χ3n) is 1.52. The molecule has 1 heterocycles. The van der Waals surface area contributed by atoms with Crippen molar-refractivity contribution in [2.45, 2.75) is 13.3 Å². The van der Waals surface area contributed by atoms with E-state index in [1.807, 2.05) is 12.3 Å². The van der Waals surface area contributed by atoms with Gasteiger partial charge in [-0.25, -0.2) is 13.6 Å². The molecule has 2 amide bonds. The molecule has 1 aromatic rings. The van der Waals surface area contributed by atoms with E-state index in [2.05, 4.69) is 10.6 Å². The normalized spacial score (nSPS) is 10.3. The number of nitrogens with one attached hydrogen (secondary N) is 2. The zero-order chi connectivity index (χ0) is 10.6. The maximum Gasteiger partial charge on any atom is 0.319 e. The molecule has 2 N–H and O–H groups in total. The first-order chi connectivity index (χ1) is 6.59. The van der Waals surface area contributed by atoms with Crippen molar-refractivity contribution in [2.75, 3.05) is 11.9 Å². The van der Waals surface area contributed by atoms with Crippen molar-refractivity contribution in [1.82, 2.24) is 5.32 Å². The number of anilines is 1. The van der Waals surface area contributed by atoms with Gasteiger partial charge in [0.05, 0.1) is 12.2 Å². The second-order valence-electron chi connectivity index (χ2n) is 2.69. The summed E-state index contributed by atoms with van der Waals surface area (Å²) in [6.45, 7) is 1.20. The van der Waals surface area contributed by atoms with Crippen LogP contribution in [-0.4, -0.2) is 19.0 Å². The second kappa shape index (κ2) is 4.90. The number of aryl methyl sites for hydroxylation is 1. The fourth-order valence-electron chi connectivity index (χ4n) is 0.825. The molecule has 0 saturated heterocycles. The van der Waals surface area contributed by atoms with Gasteiger partial charge in [0.2, 0.25) is 0 Å². The van der Waals surface area contributed by atoms with E-state index < -0.39 is 19.0 Å². The Labute approximate surface area is 84.1 Å². The van der Waals surface area contributed by atoms with Gasteiger partial charge in [-0.15, -0.1) is 11.3 Å². The highest BCUT2D eigenvalue weighted by atomic mass is 32.1. The Kier molecular flexibility index (Phi) is 3.82. The van der Waals surface area contributed by atoms with Crippen LogP contribution in [0.15, 0.2) is 10.8 Å². The molecule has 0 unspecified atom stereocenters. The van der Waals surface area contributed by atoms with Gasteiger partial charge in [-0.2, -0.15) is 0 Å². The number of urea groups is 1. The molecular formula is C8H10F2N2OS. The molecule has 14 heavy (non-hydrogen) atoms. The zero-order valence-corrected chi connectivity index (χ0v) is 8.33. The predicted octanol–water partition coefficient (Wildman–Crippen LogP) is 2.44. The summed E-state index contributed by atoms with van der Waals surface area (Å²) in [4.78, 5) is 11.0. The number of alkyl halides is 2. The van der Waals surface area contributed by atoms with Crippen molar-refractivity contribution in [3.05, 3.63) is 16.3 Å². The molecule has 0 aliphatic rings. The zero-order valence-electron chi connectivity index (χ0n) is 7.51. The van der Waals surface area contributed by atoms with E-state index in [1.165, 1.54) is 11.3 Å². The lowest BCUT2D eigenvalue weighted by Gasteiger charge is -2.05. The molecule has 0 radical (unpaired) electrons. The number of carbonyl (C=O) groups excluding carboxylic acids is 1. The van der Waals surface area contributed by atoms with Crippen LogP contribution >= 0.6 is 11.3 Å².